The molecule has 1 atom stereocenters. The van der Waals surface area contributed by atoms with Crippen molar-refractivity contribution in [3.63, 3.8) is 0 Å². The van der Waals surface area contributed by atoms with Gasteiger partial charge >= 0.3 is 0 Å². The summed E-state index contributed by atoms with van der Waals surface area (Å²) in [6, 6.07) is 12.5. The molecule has 1 N–H and O–H groups in total. The maximum atomic E-state index is 8.90. The molecule has 0 saturated carbocycles. The molecule has 4 heteroatoms. The van der Waals surface area contributed by atoms with E-state index in [0.29, 0.717) is 11.6 Å². The number of hydrogen-bond donors (Lipinski definition) is 1. The van der Waals surface area contributed by atoms with Crippen LogP contribution in [-0.2, 0) is 6.54 Å². The highest BCUT2D eigenvalue weighted by molar-refractivity contribution is 7.07. The first-order valence-electron chi connectivity index (χ1n) is 6.59. The summed E-state index contributed by atoms with van der Waals surface area (Å²) in [6.07, 6.45) is 0. The van der Waals surface area contributed by atoms with Crippen LogP contribution >= 0.6 is 11.3 Å². The summed E-state index contributed by atoms with van der Waals surface area (Å²) in [4.78, 5) is 2.22. The molecular formula is C16H19N3S. The Morgan fingerprint density at radius 2 is 2.20 bits per heavy atom. The van der Waals surface area contributed by atoms with Crippen LogP contribution in [0.1, 0.15) is 22.7 Å². The zero-order valence-corrected chi connectivity index (χ0v) is 12.7. The molecule has 2 aromatic rings. The smallest absolute Gasteiger partial charge is 0.0991 e. The van der Waals surface area contributed by atoms with Crippen LogP contribution in [0, 0.1) is 11.3 Å². The largest absolute Gasteiger partial charge is 0.311 e. The molecule has 0 amide bonds. The molecule has 0 aliphatic carbocycles. The van der Waals surface area contributed by atoms with Gasteiger partial charge in [0.2, 0.25) is 0 Å². The van der Waals surface area contributed by atoms with Crippen molar-refractivity contribution in [3.05, 3.63) is 57.8 Å². The number of nitriles is 1. The molecule has 1 aromatic carbocycles. The highest BCUT2D eigenvalue weighted by atomic mass is 32.1. The average Bonchev–Trinajstić information content (AvgIpc) is 2.97. The number of thiophene rings is 1. The number of likely N-dealkylation sites (N-methyl/N-ethyl adjacent to an activating group) is 1. The summed E-state index contributed by atoms with van der Waals surface area (Å²) in [6.45, 7) is 1.67. The van der Waals surface area contributed by atoms with Crippen molar-refractivity contribution in [2.45, 2.75) is 12.6 Å². The average molecular weight is 285 g/mol. The van der Waals surface area contributed by atoms with Gasteiger partial charge in [-0.25, -0.2) is 0 Å². The quantitative estimate of drug-likeness (QED) is 0.886. The van der Waals surface area contributed by atoms with Gasteiger partial charge in [-0.2, -0.15) is 16.6 Å². The molecule has 1 aromatic heterocycles. The highest BCUT2D eigenvalue weighted by Crippen LogP contribution is 2.20. The predicted octanol–water partition coefficient (Wildman–Crippen LogP) is 3.01. The SMILES string of the molecule is CN(C)[C@H](CNCc1cccc(C#N)c1)c1ccsc1. The lowest BCUT2D eigenvalue weighted by atomic mass is 10.1. The van der Waals surface area contributed by atoms with Gasteiger partial charge in [0.25, 0.3) is 0 Å². The van der Waals surface area contributed by atoms with E-state index in [0.717, 1.165) is 18.7 Å². The van der Waals surface area contributed by atoms with Crippen molar-refractivity contribution in [1.29, 1.82) is 5.26 Å². The standard InChI is InChI=1S/C16H19N3S/c1-19(2)16(15-6-7-20-12-15)11-18-10-14-5-3-4-13(8-14)9-17/h3-8,12,16,18H,10-11H2,1-2H3/t16-/m1/s1. The van der Waals surface area contributed by atoms with E-state index in [1.807, 2.05) is 24.3 Å². The second-order valence-electron chi connectivity index (χ2n) is 4.98. The normalized spacial score (nSPS) is 12.3. The first-order chi connectivity index (χ1) is 9.70. The van der Waals surface area contributed by atoms with E-state index in [2.05, 4.69) is 47.2 Å². The first-order valence-corrected chi connectivity index (χ1v) is 7.53. The van der Waals surface area contributed by atoms with E-state index in [-0.39, 0.29) is 0 Å². The summed E-state index contributed by atoms with van der Waals surface area (Å²) in [5.41, 5.74) is 3.21. The monoisotopic (exact) mass is 285 g/mol. The number of nitrogens with one attached hydrogen (secondary N) is 1. The maximum absolute atomic E-state index is 8.90. The van der Waals surface area contributed by atoms with Gasteiger partial charge in [-0.15, -0.1) is 0 Å². The summed E-state index contributed by atoms with van der Waals surface area (Å²) in [5.74, 6) is 0. The molecule has 0 aliphatic heterocycles. The lowest BCUT2D eigenvalue weighted by Crippen LogP contribution is -2.30. The first kappa shape index (κ1) is 14.7. The molecular weight excluding hydrogens is 266 g/mol. The Morgan fingerprint density at radius 3 is 2.85 bits per heavy atom. The lowest BCUT2D eigenvalue weighted by Gasteiger charge is -2.24. The zero-order chi connectivity index (χ0) is 14.4. The van der Waals surface area contributed by atoms with Crippen LogP contribution < -0.4 is 5.32 Å². The van der Waals surface area contributed by atoms with Crippen molar-refractivity contribution in [2.75, 3.05) is 20.6 Å². The van der Waals surface area contributed by atoms with Gasteiger partial charge in [0, 0.05) is 19.1 Å². The number of hydrogen-bond acceptors (Lipinski definition) is 4. The van der Waals surface area contributed by atoms with Gasteiger partial charge in [0.15, 0.2) is 0 Å². The third-order valence-corrected chi connectivity index (χ3v) is 3.98. The number of benzene rings is 1. The molecule has 0 fully saturated rings. The van der Waals surface area contributed by atoms with Crippen LogP contribution in [0.3, 0.4) is 0 Å². The van der Waals surface area contributed by atoms with E-state index < -0.39 is 0 Å². The molecule has 0 bridgehead atoms. The van der Waals surface area contributed by atoms with Gasteiger partial charge < -0.3 is 10.2 Å². The summed E-state index contributed by atoms with van der Waals surface area (Å²) < 4.78 is 0. The molecule has 3 nitrogen and oxygen atoms in total. The van der Waals surface area contributed by atoms with E-state index in [1.165, 1.54) is 5.56 Å². The molecule has 0 aliphatic rings. The fourth-order valence-corrected chi connectivity index (χ4v) is 2.87. The van der Waals surface area contributed by atoms with E-state index in [4.69, 9.17) is 5.26 Å². The molecule has 1 heterocycles. The predicted molar refractivity (Wildman–Crippen MR) is 83.6 cm³/mol. The summed E-state index contributed by atoms with van der Waals surface area (Å²) in [5, 5.41) is 16.7. The third-order valence-electron chi connectivity index (χ3n) is 3.27. The van der Waals surface area contributed by atoms with Crippen molar-refractivity contribution < 1.29 is 0 Å². The van der Waals surface area contributed by atoms with Gasteiger partial charge in [0.05, 0.1) is 11.6 Å². The fraction of sp³-hybridized carbons (Fsp3) is 0.312. The van der Waals surface area contributed by atoms with E-state index >= 15 is 0 Å². The van der Waals surface area contributed by atoms with Crippen LogP contribution in [-0.4, -0.2) is 25.5 Å². The van der Waals surface area contributed by atoms with Gasteiger partial charge in [0.1, 0.15) is 0 Å². The van der Waals surface area contributed by atoms with Crippen molar-refractivity contribution in [3.8, 4) is 6.07 Å². The second-order valence-corrected chi connectivity index (χ2v) is 5.76. The molecule has 0 spiro atoms. The van der Waals surface area contributed by atoms with E-state index in [9.17, 15) is 0 Å². The minimum absolute atomic E-state index is 0.375. The molecule has 0 radical (unpaired) electrons. The Labute approximate surface area is 124 Å². The molecule has 0 saturated heterocycles. The zero-order valence-electron chi connectivity index (χ0n) is 11.8. The number of rotatable bonds is 6. The maximum Gasteiger partial charge on any atom is 0.0991 e. The van der Waals surface area contributed by atoms with Crippen molar-refractivity contribution in [1.82, 2.24) is 10.2 Å². The number of nitrogens with zero attached hydrogens (tertiary/aromatic N) is 2. The lowest BCUT2D eigenvalue weighted by molar-refractivity contribution is 0.289. The Hall–Kier alpha value is -1.67. The van der Waals surface area contributed by atoms with Crippen LogP contribution in [0.2, 0.25) is 0 Å². The van der Waals surface area contributed by atoms with Crippen LogP contribution in [0.5, 0.6) is 0 Å². The Morgan fingerprint density at radius 1 is 1.35 bits per heavy atom. The second kappa shape index (κ2) is 7.20. The molecule has 20 heavy (non-hydrogen) atoms. The Bertz CT molecular complexity index is 570. The minimum Gasteiger partial charge on any atom is -0.311 e. The molecule has 104 valence electrons. The van der Waals surface area contributed by atoms with E-state index in [1.54, 1.807) is 11.3 Å². The van der Waals surface area contributed by atoms with Crippen molar-refractivity contribution in [2.24, 2.45) is 0 Å². The highest BCUT2D eigenvalue weighted by Gasteiger charge is 2.13. The minimum atomic E-state index is 0.375. The van der Waals surface area contributed by atoms with Gasteiger partial charge in [-0.3, -0.25) is 0 Å². The van der Waals surface area contributed by atoms with Gasteiger partial charge in [-0.1, -0.05) is 12.1 Å². The van der Waals surface area contributed by atoms with Crippen LogP contribution in [0.4, 0.5) is 0 Å². The summed E-state index contributed by atoms with van der Waals surface area (Å²) in [7, 11) is 4.20. The topological polar surface area (TPSA) is 39.1 Å². The van der Waals surface area contributed by atoms with Gasteiger partial charge in [-0.05, 0) is 54.2 Å². The van der Waals surface area contributed by atoms with Crippen LogP contribution in [0.15, 0.2) is 41.1 Å². The molecule has 2 rings (SSSR count). The summed E-state index contributed by atoms with van der Waals surface area (Å²) >= 11 is 1.73. The molecule has 0 unspecified atom stereocenters. The Balaban J connectivity index is 1.92. The van der Waals surface area contributed by atoms with Crippen molar-refractivity contribution >= 4 is 11.3 Å². The van der Waals surface area contributed by atoms with Crippen LogP contribution in [0.25, 0.3) is 0 Å². The third kappa shape index (κ3) is 3.91. The Kier molecular flexibility index (Phi) is 5.31. The fourth-order valence-electron chi connectivity index (χ4n) is 2.17.